The number of esters is 1. The van der Waals surface area contributed by atoms with Crippen LogP contribution < -0.4 is 10.1 Å². The summed E-state index contributed by atoms with van der Waals surface area (Å²) in [4.78, 5) is 23.5. The van der Waals surface area contributed by atoms with E-state index in [4.69, 9.17) is 9.47 Å². The molecule has 1 amide bonds. The number of carbonyl (C=O) groups excluding carboxylic acids is 2. The first-order valence-electron chi connectivity index (χ1n) is 8.28. The van der Waals surface area contributed by atoms with Gasteiger partial charge in [-0.25, -0.2) is 4.79 Å². The van der Waals surface area contributed by atoms with Gasteiger partial charge < -0.3 is 14.8 Å². The van der Waals surface area contributed by atoms with Gasteiger partial charge in [0.25, 0.3) is 5.91 Å². The Labute approximate surface area is 140 Å². The number of carbonyl (C=O) groups is 2. The third kappa shape index (κ3) is 4.25. The van der Waals surface area contributed by atoms with Gasteiger partial charge in [-0.1, -0.05) is 49.2 Å². The van der Waals surface area contributed by atoms with E-state index >= 15 is 0 Å². The van der Waals surface area contributed by atoms with Gasteiger partial charge in [0, 0.05) is 11.4 Å². The summed E-state index contributed by atoms with van der Waals surface area (Å²) in [5.41, 5.74) is 0. The average Bonchev–Trinajstić information content (AvgIpc) is 3.11. The average molecular weight is 327 g/mol. The molecule has 5 heteroatoms. The highest BCUT2D eigenvalue weighted by atomic mass is 16.6. The molecule has 1 aliphatic rings. The van der Waals surface area contributed by atoms with Crippen molar-refractivity contribution in [3.8, 4) is 5.75 Å². The van der Waals surface area contributed by atoms with Crippen molar-refractivity contribution in [3.63, 3.8) is 0 Å². The van der Waals surface area contributed by atoms with Gasteiger partial charge in [-0.3, -0.25) is 4.79 Å². The molecule has 0 aromatic heterocycles. The van der Waals surface area contributed by atoms with Crippen molar-refractivity contribution in [2.24, 2.45) is 0 Å². The molecule has 0 atom stereocenters. The van der Waals surface area contributed by atoms with Gasteiger partial charge in [0.15, 0.2) is 13.2 Å². The fourth-order valence-corrected chi connectivity index (χ4v) is 2.99. The van der Waals surface area contributed by atoms with E-state index < -0.39 is 5.97 Å². The minimum Gasteiger partial charge on any atom is -0.481 e. The Kier molecular flexibility index (Phi) is 5.31. The van der Waals surface area contributed by atoms with Crippen LogP contribution in [-0.4, -0.2) is 31.1 Å². The molecule has 5 nitrogen and oxygen atoms in total. The smallest absolute Gasteiger partial charge is 0.344 e. The van der Waals surface area contributed by atoms with Gasteiger partial charge in [0.05, 0.1) is 0 Å². The molecule has 0 aliphatic heterocycles. The quantitative estimate of drug-likeness (QED) is 0.829. The van der Waals surface area contributed by atoms with E-state index in [0.717, 1.165) is 36.5 Å². The summed E-state index contributed by atoms with van der Waals surface area (Å²) >= 11 is 0. The fourth-order valence-electron chi connectivity index (χ4n) is 2.99. The lowest BCUT2D eigenvalue weighted by molar-refractivity contribution is -0.150. The molecular weight excluding hydrogens is 306 g/mol. The fraction of sp³-hybridized carbons (Fsp3) is 0.368. The molecule has 1 aliphatic carbocycles. The molecular formula is C19H21NO4. The maximum Gasteiger partial charge on any atom is 0.344 e. The van der Waals surface area contributed by atoms with Gasteiger partial charge in [-0.15, -0.1) is 0 Å². The van der Waals surface area contributed by atoms with Crippen LogP contribution in [0.5, 0.6) is 5.75 Å². The van der Waals surface area contributed by atoms with Crippen molar-refractivity contribution >= 4 is 22.6 Å². The number of fused-ring (bicyclic) bond motifs is 1. The highest BCUT2D eigenvalue weighted by molar-refractivity contribution is 5.88. The third-order valence-electron chi connectivity index (χ3n) is 4.18. The number of amides is 1. The zero-order valence-corrected chi connectivity index (χ0v) is 13.5. The van der Waals surface area contributed by atoms with Gasteiger partial charge in [0.2, 0.25) is 0 Å². The van der Waals surface area contributed by atoms with Gasteiger partial charge >= 0.3 is 5.97 Å². The minimum absolute atomic E-state index is 0.218. The molecule has 0 unspecified atom stereocenters. The Morgan fingerprint density at radius 3 is 2.58 bits per heavy atom. The minimum atomic E-state index is -0.551. The van der Waals surface area contributed by atoms with Crippen LogP contribution in [0.15, 0.2) is 42.5 Å². The molecule has 1 saturated carbocycles. The van der Waals surface area contributed by atoms with Crippen molar-refractivity contribution in [2.45, 2.75) is 31.7 Å². The lowest BCUT2D eigenvalue weighted by Crippen LogP contribution is -2.36. The van der Waals surface area contributed by atoms with E-state index in [0.29, 0.717) is 5.75 Å². The SMILES string of the molecule is O=C(COC(=O)COc1cccc2ccccc12)NC1CCCC1. The second-order valence-electron chi connectivity index (χ2n) is 5.98. The molecule has 1 N–H and O–H groups in total. The van der Waals surface area contributed by atoms with Crippen LogP contribution in [0.4, 0.5) is 0 Å². The van der Waals surface area contributed by atoms with Crippen molar-refractivity contribution in [2.75, 3.05) is 13.2 Å². The maximum absolute atomic E-state index is 11.8. The summed E-state index contributed by atoms with van der Waals surface area (Å²) in [5, 5.41) is 4.85. The summed E-state index contributed by atoms with van der Waals surface area (Å²) < 4.78 is 10.5. The molecule has 0 bridgehead atoms. The summed E-state index contributed by atoms with van der Waals surface area (Å²) in [6.07, 6.45) is 4.29. The lowest BCUT2D eigenvalue weighted by Gasteiger charge is -2.12. The molecule has 2 aromatic rings. The first-order valence-corrected chi connectivity index (χ1v) is 8.28. The monoisotopic (exact) mass is 327 g/mol. The largest absolute Gasteiger partial charge is 0.481 e. The number of nitrogens with one attached hydrogen (secondary N) is 1. The van der Waals surface area contributed by atoms with E-state index in [1.54, 1.807) is 0 Å². The summed E-state index contributed by atoms with van der Waals surface area (Å²) in [6.45, 7) is -0.473. The predicted octanol–water partition coefficient (Wildman–Crippen LogP) is 2.82. The van der Waals surface area contributed by atoms with E-state index in [2.05, 4.69) is 5.32 Å². The van der Waals surface area contributed by atoms with Crippen LogP contribution in [0, 0.1) is 0 Å². The standard InChI is InChI=1S/C19H21NO4/c21-18(20-15-8-2-3-9-15)12-24-19(22)13-23-17-11-5-7-14-6-1-4-10-16(14)17/h1,4-7,10-11,15H,2-3,8-9,12-13H2,(H,20,21). The van der Waals surface area contributed by atoms with E-state index in [1.807, 2.05) is 42.5 Å². The van der Waals surface area contributed by atoms with Crippen LogP contribution in [-0.2, 0) is 14.3 Å². The summed E-state index contributed by atoms with van der Waals surface area (Å²) in [6, 6.07) is 13.7. The highest BCUT2D eigenvalue weighted by Gasteiger charge is 2.18. The van der Waals surface area contributed by atoms with Crippen molar-refractivity contribution in [1.29, 1.82) is 0 Å². The molecule has 126 valence electrons. The van der Waals surface area contributed by atoms with Gasteiger partial charge in [-0.05, 0) is 24.3 Å². The maximum atomic E-state index is 11.8. The molecule has 0 saturated heterocycles. The lowest BCUT2D eigenvalue weighted by atomic mass is 10.1. The van der Waals surface area contributed by atoms with E-state index in [9.17, 15) is 9.59 Å². The zero-order chi connectivity index (χ0) is 16.8. The Bertz CT molecular complexity index is 717. The van der Waals surface area contributed by atoms with Crippen LogP contribution in [0.1, 0.15) is 25.7 Å². The molecule has 2 aromatic carbocycles. The Hall–Kier alpha value is -2.56. The van der Waals surface area contributed by atoms with Crippen LogP contribution in [0.2, 0.25) is 0 Å². The first-order chi connectivity index (χ1) is 11.7. The molecule has 24 heavy (non-hydrogen) atoms. The van der Waals surface area contributed by atoms with E-state index in [-0.39, 0.29) is 25.2 Å². The van der Waals surface area contributed by atoms with Gasteiger partial charge in [0.1, 0.15) is 5.75 Å². The Morgan fingerprint density at radius 2 is 1.75 bits per heavy atom. The van der Waals surface area contributed by atoms with Crippen molar-refractivity contribution in [3.05, 3.63) is 42.5 Å². The predicted molar refractivity (Wildman–Crippen MR) is 90.8 cm³/mol. The molecule has 1 fully saturated rings. The molecule has 3 rings (SSSR count). The Balaban J connectivity index is 1.45. The zero-order valence-electron chi connectivity index (χ0n) is 13.5. The van der Waals surface area contributed by atoms with Crippen LogP contribution >= 0.6 is 0 Å². The molecule has 0 radical (unpaired) electrons. The first kappa shape index (κ1) is 16.3. The van der Waals surface area contributed by atoms with Crippen molar-refractivity contribution in [1.82, 2.24) is 5.32 Å². The molecule has 0 spiro atoms. The number of benzene rings is 2. The third-order valence-corrected chi connectivity index (χ3v) is 4.18. The second-order valence-corrected chi connectivity index (χ2v) is 5.98. The Morgan fingerprint density at radius 1 is 1.00 bits per heavy atom. The number of hydrogen-bond donors (Lipinski definition) is 1. The topological polar surface area (TPSA) is 64.6 Å². The number of hydrogen-bond acceptors (Lipinski definition) is 4. The van der Waals surface area contributed by atoms with E-state index in [1.165, 1.54) is 0 Å². The second kappa shape index (κ2) is 7.81. The van der Waals surface area contributed by atoms with Gasteiger partial charge in [-0.2, -0.15) is 0 Å². The van der Waals surface area contributed by atoms with Crippen LogP contribution in [0.25, 0.3) is 10.8 Å². The number of ether oxygens (including phenoxy) is 2. The van der Waals surface area contributed by atoms with Crippen molar-refractivity contribution < 1.29 is 19.1 Å². The number of rotatable bonds is 6. The summed E-state index contributed by atoms with van der Waals surface area (Å²) in [5.74, 6) is -0.176. The highest BCUT2D eigenvalue weighted by Crippen LogP contribution is 2.25. The summed E-state index contributed by atoms with van der Waals surface area (Å²) in [7, 11) is 0. The normalized spacial score (nSPS) is 14.5. The van der Waals surface area contributed by atoms with Crippen LogP contribution in [0.3, 0.4) is 0 Å². The molecule has 0 heterocycles.